The second-order valence-corrected chi connectivity index (χ2v) is 5.81. The van der Waals surface area contributed by atoms with Crippen molar-refractivity contribution in [1.82, 2.24) is 0 Å². The molecule has 0 atom stereocenters. The summed E-state index contributed by atoms with van der Waals surface area (Å²) in [6.45, 7) is 9.85. The van der Waals surface area contributed by atoms with Crippen molar-refractivity contribution in [1.29, 1.82) is 0 Å². The van der Waals surface area contributed by atoms with Gasteiger partial charge in [-0.1, -0.05) is 74.3 Å². The molecule has 6 nitrogen and oxygen atoms in total. The van der Waals surface area contributed by atoms with Crippen molar-refractivity contribution in [2.75, 3.05) is 0 Å². The second kappa shape index (κ2) is 16.0. The van der Waals surface area contributed by atoms with Gasteiger partial charge in [0, 0.05) is 18.2 Å². The molecule has 0 amide bonds. The van der Waals surface area contributed by atoms with Gasteiger partial charge in [0.2, 0.25) is 0 Å². The van der Waals surface area contributed by atoms with Crippen molar-refractivity contribution < 1.29 is 28.6 Å². The number of esters is 3. The first kappa shape index (κ1) is 26.3. The standard InChI is InChI=1S/3C9H8O2/c3*1-2-9(10)11-8-6-4-3-5-7-8/h3*2-7H,1H2. The maximum absolute atomic E-state index is 10.6. The van der Waals surface area contributed by atoms with Crippen LogP contribution in [0.1, 0.15) is 0 Å². The Kier molecular flexibility index (Phi) is 12.8. The van der Waals surface area contributed by atoms with Crippen LogP contribution < -0.4 is 14.2 Å². The van der Waals surface area contributed by atoms with E-state index in [9.17, 15) is 14.4 Å². The molecular formula is C27H24O6. The number of hydrogen-bond donors (Lipinski definition) is 0. The summed E-state index contributed by atoms with van der Waals surface area (Å²) in [6.07, 6.45) is 3.40. The lowest BCUT2D eigenvalue weighted by Crippen LogP contribution is -2.02. The van der Waals surface area contributed by atoms with Crippen LogP contribution in [0.3, 0.4) is 0 Å². The van der Waals surface area contributed by atoms with E-state index < -0.39 is 17.9 Å². The summed E-state index contributed by atoms with van der Waals surface area (Å²) < 4.78 is 14.4. The number of rotatable bonds is 6. The van der Waals surface area contributed by atoms with E-state index >= 15 is 0 Å². The maximum atomic E-state index is 10.6. The molecule has 33 heavy (non-hydrogen) atoms. The molecule has 0 aliphatic carbocycles. The maximum Gasteiger partial charge on any atom is 0.335 e. The Hall–Kier alpha value is -4.71. The molecule has 0 saturated heterocycles. The Balaban J connectivity index is 0.000000247. The molecule has 0 radical (unpaired) electrons. The van der Waals surface area contributed by atoms with Gasteiger partial charge in [0.1, 0.15) is 17.2 Å². The highest BCUT2D eigenvalue weighted by Crippen LogP contribution is 2.09. The zero-order valence-corrected chi connectivity index (χ0v) is 18.0. The van der Waals surface area contributed by atoms with E-state index in [4.69, 9.17) is 14.2 Å². The van der Waals surface area contributed by atoms with Crippen LogP contribution in [0.15, 0.2) is 129 Å². The van der Waals surface area contributed by atoms with Crippen LogP contribution in [-0.4, -0.2) is 17.9 Å². The molecule has 3 aromatic rings. The zero-order valence-electron chi connectivity index (χ0n) is 18.0. The minimum Gasteiger partial charge on any atom is -0.423 e. The van der Waals surface area contributed by atoms with Crippen LogP contribution >= 0.6 is 0 Å². The number of carbonyl (C=O) groups is 3. The first-order chi connectivity index (χ1) is 16.0. The summed E-state index contributed by atoms with van der Waals surface area (Å²) in [5.41, 5.74) is 0. The van der Waals surface area contributed by atoms with E-state index in [0.29, 0.717) is 17.2 Å². The van der Waals surface area contributed by atoms with E-state index in [1.165, 1.54) is 0 Å². The van der Waals surface area contributed by atoms with E-state index in [2.05, 4.69) is 19.7 Å². The first-order valence-corrected chi connectivity index (χ1v) is 9.66. The van der Waals surface area contributed by atoms with Gasteiger partial charge in [0.05, 0.1) is 0 Å². The van der Waals surface area contributed by atoms with Crippen LogP contribution in [-0.2, 0) is 14.4 Å². The van der Waals surface area contributed by atoms with E-state index in [1.807, 2.05) is 18.2 Å². The minimum absolute atomic E-state index is 0.434. The van der Waals surface area contributed by atoms with Crippen LogP contribution in [0.5, 0.6) is 17.2 Å². The smallest absolute Gasteiger partial charge is 0.335 e. The van der Waals surface area contributed by atoms with Gasteiger partial charge in [-0.05, 0) is 36.4 Å². The SMILES string of the molecule is C=CC(=O)Oc1ccccc1.C=CC(=O)Oc1ccccc1.C=CC(=O)Oc1ccccc1. The predicted octanol–water partition coefficient (Wildman–Crippen LogP) is 5.33. The summed E-state index contributed by atoms with van der Waals surface area (Å²) in [6, 6.07) is 26.6. The molecule has 0 spiro atoms. The van der Waals surface area contributed by atoms with Gasteiger partial charge in [-0.2, -0.15) is 0 Å². The molecule has 0 heterocycles. The average molecular weight is 444 g/mol. The van der Waals surface area contributed by atoms with E-state index in [0.717, 1.165) is 18.2 Å². The summed E-state index contributed by atoms with van der Waals surface area (Å²) in [5.74, 6) is 0.316. The normalized spacial score (nSPS) is 8.73. The molecule has 6 heteroatoms. The fourth-order valence-corrected chi connectivity index (χ4v) is 1.94. The van der Waals surface area contributed by atoms with Crippen molar-refractivity contribution in [3.8, 4) is 17.2 Å². The number of hydrogen-bond acceptors (Lipinski definition) is 6. The fraction of sp³-hybridized carbons (Fsp3) is 0. The Morgan fingerprint density at radius 3 is 0.848 bits per heavy atom. The second-order valence-electron chi connectivity index (χ2n) is 5.81. The van der Waals surface area contributed by atoms with Crippen LogP contribution in [0.4, 0.5) is 0 Å². The summed E-state index contributed by atoms with van der Waals surface area (Å²) in [4.78, 5) is 31.9. The fourth-order valence-electron chi connectivity index (χ4n) is 1.94. The van der Waals surface area contributed by atoms with E-state index in [-0.39, 0.29) is 0 Å². The molecule has 3 aromatic carbocycles. The van der Waals surface area contributed by atoms with Gasteiger partial charge in [0.25, 0.3) is 0 Å². The number of carbonyl (C=O) groups excluding carboxylic acids is 3. The molecule has 0 N–H and O–H groups in total. The summed E-state index contributed by atoms with van der Waals surface area (Å²) in [7, 11) is 0. The van der Waals surface area contributed by atoms with Gasteiger partial charge in [0.15, 0.2) is 0 Å². The van der Waals surface area contributed by atoms with Crippen molar-refractivity contribution >= 4 is 17.9 Å². The van der Waals surface area contributed by atoms with Crippen molar-refractivity contribution in [3.05, 3.63) is 129 Å². The van der Waals surface area contributed by atoms with Gasteiger partial charge < -0.3 is 14.2 Å². The first-order valence-electron chi connectivity index (χ1n) is 9.66. The quantitative estimate of drug-likeness (QED) is 0.290. The zero-order chi connectivity index (χ0) is 24.3. The molecule has 0 fully saturated rings. The lowest BCUT2D eigenvalue weighted by atomic mass is 10.3. The van der Waals surface area contributed by atoms with Crippen LogP contribution in [0.2, 0.25) is 0 Å². The highest BCUT2D eigenvalue weighted by atomic mass is 16.5. The Bertz CT molecular complexity index is 891. The monoisotopic (exact) mass is 444 g/mol. The molecule has 0 bridgehead atoms. The van der Waals surface area contributed by atoms with Gasteiger partial charge in [-0.3, -0.25) is 0 Å². The molecule has 168 valence electrons. The molecule has 3 rings (SSSR count). The molecule has 0 aliphatic heterocycles. The molecule has 0 unspecified atom stereocenters. The molecule has 0 aliphatic rings. The van der Waals surface area contributed by atoms with E-state index in [1.54, 1.807) is 72.8 Å². The lowest BCUT2D eigenvalue weighted by Gasteiger charge is -1.98. The minimum atomic E-state index is -0.434. The predicted molar refractivity (Wildman–Crippen MR) is 127 cm³/mol. The molecule has 0 aromatic heterocycles. The average Bonchev–Trinajstić information content (AvgIpc) is 2.86. The summed E-state index contributed by atoms with van der Waals surface area (Å²) >= 11 is 0. The third-order valence-electron chi connectivity index (χ3n) is 3.38. The van der Waals surface area contributed by atoms with Crippen molar-refractivity contribution in [2.45, 2.75) is 0 Å². The Morgan fingerprint density at radius 1 is 0.455 bits per heavy atom. The van der Waals surface area contributed by atoms with Crippen LogP contribution in [0.25, 0.3) is 0 Å². The third kappa shape index (κ3) is 12.6. The highest BCUT2D eigenvalue weighted by molar-refractivity contribution is 5.84. The highest BCUT2D eigenvalue weighted by Gasteiger charge is 1.97. The lowest BCUT2D eigenvalue weighted by molar-refractivity contribution is -0.129. The number of ether oxygens (including phenoxy) is 3. The third-order valence-corrected chi connectivity index (χ3v) is 3.38. The number of para-hydroxylation sites is 3. The number of benzene rings is 3. The summed E-state index contributed by atoms with van der Waals surface area (Å²) in [5, 5.41) is 0. The molecule has 0 saturated carbocycles. The van der Waals surface area contributed by atoms with Gasteiger partial charge >= 0.3 is 17.9 Å². The topological polar surface area (TPSA) is 78.9 Å². The Morgan fingerprint density at radius 2 is 0.667 bits per heavy atom. The Labute approximate surface area is 193 Å². The van der Waals surface area contributed by atoms with Crippen LogP contribution in [0, 0.1) is 0 Å². The van der Waals surface area contributed by atoms with Gasteiger partial charge in [-0.25, -0.2) is 14.4 Å². The largest absolute Gasteiger partial charge is 0.423 e. The molecular weight excluding hydrogens is 420 g/mol. The van der Waals surface area contributed by atoms with Crippen molar-refractivity contribution in [2.24, 2.45) is 0 Å². The van der Waals surface area contributed by atoms with Gasteiger partial charge in [-0.15, -0.1) is 0 Å². The van der Waals surface area contributed by atoms with Crippen molar-refractivity contribution in [3.63, 3.8) is 0 Å².